The molecule has 2 heterocycles. The molecule has 0 radical (unpaired) electrons. The molecule has 1 aromatic carbocycles. The van der Waals surface area contributed by atoms with Crippen molar-refractivity contribution in [3.05, 3.63) is 39.8 Å². The molecule has 1 unspecified atom stereocenters. The van der Waals surface area contributed by atoms with Crippen molar-refractivity contribution < 1.29 is 14.3 Å². The van der Waals surface area contributed by atoms with Crippen molar-refractivity contribution in [3.8, 4) is 11.5 Å². The van der Waals surface area contributed by atoms with Gasteiger partial charge >= 0.3 is 0 Å². The Labute approximate surface area is 138 Å². The summed E-state index contributed by atoms with van der Waals surface area (Å²) in [6.07, 6.45) is 0.690. The van der Waals surface area contributed by atoms with E-state index in [0.29, 0.717) is 37.6 Å². The zero-order valence-electron chi connectivity index (χ0n) is 12.9. The minimum absolute atomic E-state index is 0.155. The molecule has 6 nitrogen and oxygen atoms in total. The van der Waals surface area contributed by atoms with Crippen molar-refractivity contribution in [2.75, 3.05) is 19.8 Å². The highest BCUT2D eigenvalue weighted by Crippen LogP contribution is 2.32. The number of benzene rings is 1. The van der Waals surface area contributed by atoms with E-state index in [1.807, 2.05) is 25.1 Å². The van der Waals surface area contributed by atoms with Crippen LogP contribution in [0.3, 0.4) is 0 Å². The quantitative estimate of drug-likeness (QED) is 0.873. The molecule has 0 fully saturated rings. The Bertz CT molecular complexity index is 702. The van der Waals surface area contributed by atoms with Crippen LogP contribution in [0, 0.1) is 0 Å². The smallest absolute Gasteiger partial charge is 0.271 e. The van der Waals surface area contributed by atoms with Gasteiger partial charge < -0.3 is 20.5 Å². The predicted octanol–water partition coefficient (Wildman–Crippen LogP) is 1.91. The molecule has 2 aromatic rings. The summed E-state index contributed by atoms with van der Waals surface area (Å²) in [6.45, 7) is 3.56. The molecule has 3 N–H and O–H groups in total. The summed E-state index contributed by atoms with van der Waals surface area (Å²) >= 11 is 1.46. The number of hydrogen-bond donors (Lipinski definition) is 2. The average Bonchev–Trinajstić information content (AvgIpc) is 3.03. The van der Waals surface area contributed by atoms with Gasteiger partial charge in [0.1, 0.15) is 18.9 Å². The monoisotopic (exact) mass is 333 g/mol. The van der Waals surface area contributed by atoms with Crippen LogP contribution in [0.25, 0.3) is 0 Å². The lowest BCUT2D eigenvalue weighted by Gasteiger charge is -2.21. The molecule has 3 rings (SSSR count). The van der Waals surface area contributed by atoms with E-state index in [1.54, 1.807) is 5.38 Å². The van der Waals surface area contributed by atoms with Gasteiger partial charge in [-0.2, -0.15) is 0 Å². The van der Waals surface area contributed by atoms with Crippen molar-refractivity contribution >= 4 is 17.2 Å². The second kappa shape index (κ2) is 6.97. The number of nitrogens with two attached hydrogens (primary N) is 1. The minimum atomic E-state index is -0.188. The van der Waals surface area contributed by atoms with E-state index in [1.165, 1.54) is 11.3 Å². The lowest BCUT2D eigenvalue weighted by molar-refractivity contribution is 0.0935. The molecule has 0 saturated carbocycles. The number of hydrogen-bond acceptors (Lipinski definition) is 6. The van der Waals surface area contributed by atoms with Crippen LogP contribution in [0.5, 0.6) is 11.5 Å². The summed E-state index contributed by atoms with van der Waals surface area (Å²) in [5.74, 6) is 1.27. The minimum Gasteiger partial charge on any atom is -0.486 e. The molecule has 1 amide bonds. The number of thiazole rings is 1. The van der Waals surface area contributed by atoms with E-state index < -0.39 is 0 Å². The first-order chi connectivity index (χ1) is 11.2. The molecular formula is C16H19N3O3S. The molecule has 1 atom stereocenters. The first kappa shape index (κ1) is 15.8. The van der Waals surface area contributed by atoms with Crippen LogP contribution in [0.1, 0.15) is 34.0 Å². The fourth-order valence-electron chi connectivity index (χ4n) is 2.34. The molecule has 1 aliphatic heterocycles. The third-order valence-corrected chi connectivity index (χ3v) is 4.47. The van der Waals surface area contributed by atoms with Crippen LogP contribution in [0.2, 0.25) is 0 Å². The zero-order chi connectivity index (χ0) is 16.2. The third-order valence-electron chi connectivity index (χ3n) is 3.56. The molecule has 0 spiro atoms. The molecule has 0 aliphatic carbocycles. The van der Waals surface area contributed by atoms with E-state index >= 15 is 0 Å². The second-order valence-electron chi connectivity index (χ2n) is 5.26. The van der Waals surface area contributed by atoms with Gasteiger partial charge in [-0.25, -0.2) is 4.98 Å². The Kier molecular flexibility index (Phi) is 4.78. The molecule has 122 valence electrons. The van der Waals surface area contributed by atoms with Crippen molar-refractivity contribution in [1.29, 1.82) is 0 Å². The number of aromatic nitrogens is 1. The van der Waals surface area contributed by atoms with E-state index in [-0.39, 0.29) is 11.9 Å². The van der Waals surface area contributed by atoms with Gasteiger partial charge in [0.25, 0.3) is 5.91 Å². The second-order valence-corrected chi connectivity index (χ2v) is 6.21. The van der Waals surface area contributed by atoms with Gasteiger partial charge in [-0.15, -0.1) is 11.3 Å². The van der Waals surface area contributed by atoms with Crippen LogP contribution < -0.4 is 20.5 Å². The Morgan fingerprint density at radius 2 is 2.17 bits per heavy atom. The van der Waals surface area contributed by atoms with E-state index in [0.717, 1.165) is 16.3 Å². The maximum atomic E-state index is 12.3. The maximum Gasteiger partial charge on any atom is 0.271 e. The molecule has 0 bridgehead atoms. The average molecular weight is 333 g/mol. The van der Waals surface area contributed by atoms with Gasteiger partial charge in [-0.3, -0.25) is 4.79 Å². The Hall–Kier alpha value is -2.12. The Morgan fingerprint density at radius 1 is 1.39 bits per heavy atom. The maximum absolute atomic E-state index is 12.3. The molecule has 7 heteroatoms. The van der Waals surface area contributed by atoms with Crippen LogP contribution >= 0.6 is 11.3 Å². The largest absolute Gasteiger partial charge is 0.486 e. The number of nitrogens with one attached hydrogen (secondary N) is 1. The van der Waals surface area contributed by atoms with Gasteiger partial charge in [0.05, 0.1) is 11.0 Å². The van der Waals surface area contributed by atoms with Crippen LogP contribution in [0.15, 0.2) is 23.6 Å². The number of nitrogens with zero attached hydrogens (tertiary/aromatic N) is 1. The summed E-state index contributed by atoms with van der Waals surface area (Å²) in [6, 6.07) is 5.55. The van der Waals surface area contributed by atoms with Crippen molar-refractivity contribution in [3.63, 3.8) is 0 Å². The van der Waals surface area contributed by atoms with Crippen molar-refractivity contribution in [2.24, 2.45) is 5.73 Å². The van der Waals surface area contributed by atoms with Gasteiger partial charge in [0.2, 0.25) is 0 Å². The fourth-order valence-corrected chi connectivity index (χ4v) is 3.13. The SMILES string of the molecule is CC(NC(=O)c1csc(CCN)n1)c1ccc2c(c1)OCCO2. The van der Waals surface area contributed by atoms with Crippen LogP contribution in [-0.4, -0.2) is 30.6 Å². The standard InChI is InChI=1S/C16H19N3O3S/c1-10(11-2-3-13-14(8-11)22-7-6-21-13)18-16(20)12-9-23-15(19-12)4-5-17/h2-3,8-10H,4-7,17H2,1H3,(H,18,20). The lowest BCUT2D eigenvalue weighted by atomic mass is 10.1. The van der Waals surface area contributed by atoms with Gasteiger partial charge in [0, 0.05) is 11.8 Å². The van der Waals surface area contributed by atoms with E-state index in [4.69, 9.17) is 15.2 Å². The highest BCUT2D eigenvalue weighted by molar-refractivity contribution is 7.09. The number of amides is 1. The molecule has 1 aromatic heterocycles. The Morgan fingerprint density at radius 3 is 2.96 bits per heavy atom. The topological polar surface area (TPSA) is 86.5 Å². The first-order valence-electron chi connectivity index (χ1n) is 7.52. The highest BCUT2D eigenvalue weighted by Gasteiger charge is 2.17. The summed E-state index contributed by atoms with van der Waals surface area (Å²) in [5.41, 5.74) is 6.89. The summed E-state index contributed by atoms with van der Waals surface area (Å²) in [4.78, 5) is 16.6. The third kappa shape index (κ3) is 3.62. The molecule has 1 aliphatic rings. The van der Waals surface area contributed by atoms with Gasteiger partial charge in [-0.1, -0.05) is 6.07 Å². The predicted molar refractivity (Wildman–Crippen MR) is 88.2 cm³/mol. The van der Waals surface area contributed by atoms with Gasteiger partial charge in [0.15, 0.2) is 11.5 Å². The highest BCUT2D eigenvalue weighted by atomic mass is 32.1. The first-order valence-corrected chi connectivity index (χ1v) is 8.40. The molecular weight excluding hydrogens is 314 g/mol. The van der Waals surface area contributed by atoms with Crippen molar-refractivity contribution in [2.45, 2.75) is 19.4 Å². The Balaban J connectivity index is 1.68. The number of carbonyl (C=O) groups is 1. The summed E-state index contributed by atoms with van der Waals surface area (Å²) in [7, 11) is 0. The van der Waals surface area contributed by atoms with Crippen LogP contribution in [-0.2, 0) is 6.42 Å². The van der Waals surface area contributed by atoms with E-state index in [9.17, 15) is 4.79 Å². The zero-order valence-corrected chi connectivity index (χ0v) is 13.7. The summed E-state index contributed by atoms with van der Waals surface area (Å²) in [5, 5.41) is 5.59. The summed E-state index contributed by atoms with van der Waals surface area (Å²) < 4.78 is 11.1. The molecule has 23 heavy (non-hydrogen) atoms. The number of rotatable bonds is 5. The van der Waals surface area contributed by atoms with Crippen molar-refractivity contribution in [1.82, 2.24) is 10.3 Å². The normalized spacial score (nSPS) is 14.3. The number of fused-ring (bicyclic) bond motifs is 1. The number of carbonyl (C=O) groups excluding carboxylic acids is 1. The van der Waals surface area contributed by atoms with E-state index in [2.05, 4.69) is 10.3 Å². The molecule has 0 saturated heterocycles. The number of ether oxygens (including phenoxy) is 2. The van der Waals surface area contributed by atoms with Gasteiger partial charge in [-0.05, 0) is 31.2 Å². The lowest BCUT2D eigenvalue weighted by Crippen LogP contribution is -2.27. The fraction of sp³-hybridized carbons (Fsp3) is 0.375. The van der Waals surface area contributed by atoms with Crippen LogP contribution in [0.4, 0.5) is 0 Å².